The van der Waals surface area contributed by atoms with Gasteiger partial charge < -0.3 is 10.4 Å². The van der Waals surface area contributed by atoms with E-state index in [1.807, 2.05) is 44.2 Å². The molecule has 0 spiro atoms. The van der Waals surface area contributed by atoms with Crippen molar-refractivity contribution >= 4 is 17.7 Å². The van der Waals surface area contributed by atoms with Crippen LogP contribution in [0.15, 0.2) is 46.4 Å². The van der Waals surface area contributed by atoms with Gasteiger partial charge >= 0.3 is 0 Å². The maximum Gasteiger partial charge on any atom is 0.261 e. The predicted molar refractivity (Wildman–Crippen MR) is 66.3 cm³/mol. The summed E-state index contributed by atoms with van der Waals surface area (Å²) in [4.78, 5) is 12.8. The number of thioether (sulfide) groups is 1. The molecule has 0 aliphatic carbocycles. The van der Waals surface area contributed by atoms with Crippen molar-refractivity contribution in [1.82, 2.24) is 5.32 Å². The highest BCUT2D eigenvalue weighted by molar-refractivity contribution is 8.04. The van der Waals surface area contributed by atoms with Gasteiger partial charge in [0, 0.05) is 10.9 Å². The van der Waals surface area contributed by atoms with Gasteiger partial charge in [0.15, 0.2) is 0 Å². The van der Waals surface area contributed by atoms with Gasteiger partial charge in [0.1, 0.15) is 4.91 Å². The van der Waals surface area contributed by atoms with Crippen LogP contribution in [-0.4, -0.2) is 17.1 Å². The zero-order chi connectivity index (χ0) is 12.0. The molecule has 1 aromatic carbocycles. The molecule has 1 amide bonds. The van der Waals surface area contributed by atoms with Gasteiger partial charge in [0.05, 0.1) is 6.26 Å². The quantitative estimate of drug-likeness (QED) is 0.481. The number of nitrogens with one attached hydrogen (secondary N) is 1. The van der Waals surface area contributed by atoms with Crippen molar-refractivity contribution in [3.8, 4) is 0 Å². The maximum atomic E-state index is 11.6. The molecule has 2 N–H and O–H groups in total. The highest BCUT2D eigenvalue weighted by Gasteiger charge is 2.12. The van der Waals surface area contributed by atoms with E-state index >= 15 is 0 Å². The molecule has 0 fully saturated rings. The number of carbonyl (C=O) groups is 1. The van der Waals surface area contributed by atoms with E-state index in [0.717, 1.165) is 11.2 Å². The summed E-state index contributed by atoms with van der Waals surface area (Å²) in [5.41, 5.74) is 0. The Bertz CT molecular complexity index is 374. The highest BCUT2D eigenvalue weighted by atomic mass is 32.2. The van der Waals surface area contributed by atoms with E-state index in [9.17, 15) is 4.79 Å². The second-order valence-corrected chi connectivity index (χ2v) is 4.65. The Morgan fingerprint density at radius 1 is 1.38 bits per heavy atom. The Morgan fingerprint density at radius 3 is 2.50 bits per heavy atom. The second kappa shape index (κ2) is 6.23. The van der Waals surface area contributed by atoms with Crippen LogP contribution in [-0.2, 0) is 4.79 Å². The fraction of sp³-hybridized carbons (Fsp3) is 0.250. The van der Waals surface area contributed by atoms with Crippen LogP contribution in [0.2, 0.25) is 0 Å². The van der Waals surface area contributed by atoms with Crippen LogP contribution >= 0.6 is 11.8 Å². The Kier molecular flexibility index (Phi) is 4.92. The molecular formula is C12H15NO2S. The number of aliphatic hydroxyl groups is 1. The minimum Gasteiger partial charge on any atom is -0.514 e. The molecule has 0 radical (unpaired) electrons. The van der Waals surface area contributed by atoms with Crippen molar-refractivity contribution < 1.29 is 9.90 Å². The molecule has 0 heterocycles. The SMILES string of the molecule is CC(C)NC(=O)C(=CO)Sc1ccccc1. The first kappa shape index (κ1) is 12.6. The average Bonchev–Trinajstić information content (AvgIpc) is 2.26. The molecule has 0 saturated heterocycles. The third kappa shape index (κ3) is 3.98. The van der Waals surface area contributed by atoms with Crippen LogP contribution < -0.4 is 5.32 Å². The Labute approximate surface area is 99.6 Å². The third-order valence-electron chi connectivity index (χ3n) is 1.73. The summed E-state index contributed by atoms with van der Waals surface area (Å²) in [7, 11) is 0. The molecule has 16 heavy (non-hydrogen) atoms. The minimum absolute atomic E-state index is 0.0545. The van der Waals surface area contributed by atoms with Crippen molar-refractivity contribution in [1.29, 1.82) is 0 Å². The second-order valence-electron chi connectivity index (χ2n) is 3.54. The molecule has 0 atom stereocenters. The number of hydrogen-bond acceptors (Lipinski definition) is 3. The van der Waals surface area contributed by atoms with Crippen molar-refractivity contribution in [3.63, 3.8) is 0 Å². The summed E-state index contributed by atoms with van der Waals surface area (Å²) in [6.07, 6.45) is 0.843. The van der Waals surface area contributed by atoms with Gasteiger partial charge in [-0.3, -0.25) is 4.79 Å². The van der Waals surface area contributed by atoms with Crippen LogP contribution in [0.25, 0.3) is 0 Å². The normalized spacial score (nSPS) is 11.6. The van der Waals surface area contributed by atoms with E-state index in [2.05, 4.69) is 5.32 Å². The number of rotatable bonds is 4. The van der Waals surface area contributed by atoms with E-state index in [1.54, 1.807) is 0 Å². The third-order valence-corrected chi connectivity index (χ3v) is 2.75. The highest BCUT2D eigenvalue weighted by Crippen LogP contribution is 2.25. The Balaban J connectivity index is 2.67. The lowest BCUT2D eigenvalue weighted by Crippen LogP contribution is -2.30. The topological polar surface area (TPSA) is 49.3 Å². The lowest BCUT2D eigenvalue weighted by atomic mass is 10.4. The standard InChI is InChI=1S/C12H15NO2S/c1-9(2)13-12(15)11(8-14)16-10-6-4-3-5-7-10/h3-9,14H,1-2H3,(H,13,15). The maximum absolute atomic E-state index is 11.6. The lowest BCUT2D eigenvalue weighted by molar-refractivity contribution is -0.117. The van der Waals surface area contributed by atoms with Gasteiger partial charge in [-0.25, -0.2) is 0 Å². The van der Waals surface area contributed by atoms with Gasteiger partial charge in [-0.05, 0) is 26.0 Å². The first-order valence-electron chi connectivity index (χ1n) is 5.01. The number of hydrogen-bond donors (Lipinski definition) is 2. The predicted octanol–water partition coefficient (Wildman–Crippen LogP) is 2.70. The first-order valence-corrected chi connectivity index (χ1v) is 5.83. The lowest BCUT2D eigenvalue weighted by Gasteiger charge is -2.09. The number of aliphatic hydroxyl groups excluding tert-OH is 1. The fourth-order valence-electron chi connectivity index (χ4n) is 1.08. The zero-order valence-electron chi connectivity index (χ0n) is 9.31. The van der Waals surface area contributed by atoms with Crippen molar-refractivity contribution in [2.24, 2.45) is 0 Å². The van der Waals surface area contributed by atoms with Gasteiger partial charge in [-0.2, -0.15) is 0 Å². The van der Waals surface area contributed by atoms with Crippen LogP contribution in [0.5, 0.6) is 0 Å². The van der Waals surface area contributed by atoms with Gasteiger partial charge in [0.25, 0.3) is 5.91 Å². The zero-order valence-corrected chi connectivity index (χ0v) is 10.1. The van der Waals surface area contributed by atoms with Gasteiger partial charge in [-0.1, -0.05) is 30.0 Å². The van der Waals surface area contributed by atoms with Gasteiger partial charge in [0.2, 0.25) is 0 Å². The number of carbonyl (C=O) groups excluding carboxylic acids is 1. The minimum atomic E-state index is -0.258. The summed E-state index contributed by atoms with van der Waals surface area (Å²) in [5, 5.41) is 11.8. The number of benzene rings is 1. The number of amides is 1. The Hall–Kier alpha value is -1.42. The summed E-state index contributed by atoms with van der Waals surface area (Å²) in [6.45, 7) is 3.75. The monoisotopic (exact) mass is 237 g/mol. The van der Waals surface area contributed by atoms with Crippen molar-refractivity contribution in [2.75, 3.05) is 0 Å². The molecule has 0 aromatic heterocycles. The van der Waals surface area contributed by atoms with E-state index in [0.29, 0.717) is 4.91 Å². The van der Waals surface area contributed by atoms with E-state index in [4.69, 9.17) is 5.11 Å². The smallest absolute Gasteiger partial charge is 0.261 e. The van der Waals surface area contributed by atoms with Crippen LogP contribution in [0.1, 0.15) is 13.8 Å². The molecule has 1 rings (SSSR count). The molecule has 4 heteroatoms. The van der Waals surface area contributed by atoms with Gasteiger partial charge in [-0.15, -0.1) is 0 Å². The van der Waals surface area contributed by atoms with Crippen LogP contribution in [0.4, 0.5) is 0 Å². The fourth-order valence-corrected chi connectivity index (χ4v) is 1.83. The van der Waals surface area contributed by atoms with E-state index < -0.39 is 0 Å². The van der Waals surface area contributed by atoms with E-state index in [-0.39, 0.29) is 11.9 Å². The molecular weight excluding hydrogens is 222 g/mol. The van der Waals surface area contributed by atoms with E-state index in [1.165, 1.54) is 11.8 Å². The molecule has 0 unspecified atom stereocenters. The molecule has 0 aliphatic heterocycles. The summed E-state index contributed by atoms with van der Waals surface area (Å²) in [6, 6.07) is 9.50. The summed E-state index contributed by atoms with van der Waals surface area (Å²) in [5.74, 6) is -0.258. The molecule has 0 bridgehead atoms. The molecule has 1 aromatic rings. The largest absolute Gasteiger partial charge is 0.514 e. The summed E-state index contributed by atoms with van der Waals surface area (Å²) < 4.78 is 0. The van der Waals surface area contributed by atoms with Crippen molar-refractivity contribution in [3.05, 3.63) is 41.5 Å². The first-order chi connectivity index (χ1) is 7.63. The Morgan fingerprint density at radius 2 is 2.00 bits per heavy atom. The average molecular weight is 237 g/mol. The molecule has 3 nitrogen and oxygen atoms in total. The van der Waals surface area contributed by atoms with Crippen LogP contribution in [0, 0.1) is 0 Å². The molecule has 86 valence electrons. The summed E-state index contributed by atoms with van der Waals surface area (Å²) >= 11 is 1.24. The van der Waals surface area contributed by atoms with Crippen molar-refractivity contribution in [2.45, 2.75) is 24.8 Å². The molecule has 0 aliphatic rings. The molecule has 0 saturated carbocycles. The van der Waals surface area contributed by atoms with Crippen LogP contribution in [0.3, 0.4) is 0 Å².